The zero-order chi connectivity index (χ0) is 16.2. The molecule has 1 fully saturated rings. The summed E-state index contributed by atoms with van der Waals surface area (Å²) in [4.78, 5) is 14.4. The monoisotopic (exact) mass is 314 g/mol. The highest BCUT2D eigenvalue weighted by Crippen LogP contribution is 2.24. The van der Waals surface area contributed by atoms with E-state index in [0.29, 0.717) is 12.3 Å². The van der Waals surface area contributed by atoms with E-state index in [-0.39, 0.29) is 11.7 Å². The Hall–Kier alpha value is -2.24. The SMILES string of the molecule is CN1CCOC(c2cccc(NC(=O)c3ccccc3F)c2)C1. The molecule has 2 aromatic rings. The minimum absolute atomic E-state index is 0.0148. The lowest BCUT2D eigenvalue weighted by Gasteiger charge is -2.30. The lowest BCUT2D eigenvalue weighted by atomic mass is 10.1. The first-order valence-electron chi connectivity index (χ1n) is 7.59. The molecule has 1 aliphatic rings. The van der Waals surface area contributed by atoms with E-state index in [0.717, 1.165) is 18.7 Å². The maximum absolute atomic E-state index is 13.7. The van der Waals surface area contributed by atoms with Gasteiger partial charge in [-0.05, 0) is 36.9 Å². The summed E-state index contributed by atoms with van der Waals surface area (Å²) in [5.41, 5.74) is 1.67. The van der Waals surface area contributed by atoms with Gasteiger partial charge in [-0.25, -0.2) is 4.39 Å². The summed E-state index contributed by atoms with van der Waals surface area (Å²) in [6, 6.07) is 13.4. The number of morpholine rings is 1. The van der Waals surface area contributed by atoms with Gasteiger partial charge in [-0.1, -0.05) is 24.3 Å². The average molecular weight is 314 g/mol. The molecule has 5 heteroatoms. The summed E-state index contributed by atoms with van der Waals surface area (Å²) in [6.45, 7) is 2.41. The molecule has 0 aromatic heterocycles. The van der Waals surface area contributed by atoms with Crippen LogP contribution < -0.4 is 5.32 Å². The number of carbonyl (C=O) groups is 1. The van der Waals surface area contributed by atoms with Crippen LogP contribution in [0.25, 0.3) is 0 Å². The van der Waals surface area contributed by atoms with Crippen LogP contribution in [0.2, 0.25) is 0 Å². The van der Waals surface area contributed by atoms with E-state index in [1.54, 1.807) is 18.2 Å². The van der Waals surface area contributed by atoms with Gasteiger partial charge in [0.25, 0.3) is 5.91 Å². The van der Waals surface area contributed by atoms with Gasteiger partial charge in [-0.15, -0.1) is 0 Å². The first-order chi connectivity index (χ1) is 11.1. The van der Waals surface area contributed by atoms with Crippen molar-refractivity contribution in [1.82, 2.24) is 4.90 Å². The predicted molar refractivity (Wildman–Crippen MR) is 87.0 cm³/mol. The molecule has 120 valence electrons. The summed E-state index contributed by atoms with van der Waals surface area (Å²) in [5.74, 6) is -0.986. The number of amides is 1. The van der Waals surface area contributed by atoms with Crippen LogP contribution in [-0.2, 0) is 4.74 Å². The molecule has 23 heavy (non-hydrogen) atoms. The maximum atomic E-state index is 13.7. The van der Waals surface area contributed by atoms with Gasteiger partial charge in [-0.2, -0.15) is 0 Å². The molecule has 3 rings (SSSR count). The van der Waals surface area contributed by atoms with E-state index < -0.39 is 11.7 Å². The molecule has 1 N–H and O–H groups in total. The van der Waals surface area contributed by atoms with Gasteiger partial charge in [0.1, 0.15) is 5.82 Å². The van der Waals surface area contributed by atoms with Gasteiger partial charge in [-0.3, -0.25) is 4.79 Å². The summed E-state index contributed by atoms with van der Waals surface area (Å²) >= 11 is 0. The fourth-order valence-electron chi connectivity index (χ4n) is 2.64. The number of nitrogens with one attached hydrogen (secondary N) is 1. The molecule has 1 heterocycles. The highest BCUT2D eigenvalue weighted by atomic mass is 19.1. The number of benzene rings is 2. The number of hydrogen-bond donors (Lipinski definition) is 1. The molecule has 0 saturated carbocycles. The van der Waals surface area contributed by atoms with Crippen molar-refractivity contribution in [3.63, 3.8) is 0 Å². The zero-order valence-corrected chi connectivity index (χ0v) is 13.0. The molecule has 1 unspecified atom stereocenters. The number of hydrogen-bond acceptors (Lipinski definition) is 3. The van der Waals surface area contributed by atoms with Crippen molar-refractivity contribution in [2.24, 2.45) is 0 Å². The fourth-order valence-corrected chi connectivity index (χ4v) is 2.64. The van der Waals surface area contributed by atoms with Gasteiger partial charge in [0.15, 0.2) is 0 Å². The van der Waals surface area contributed by atoms with Gasteiger partial charge >= 0.3 is 0 Å². The van der Waals surface area contributed by atoms with Gasteiger partial charge in [0, 0.05) is 18.8 Å². The van der Waals surface area contributed by atoms with Crippen molar-refractivity contribution in [3.8, 4) is 0 Å². The van der Waals surface area contributed by atoms with Crippen LogP contribution in [-0.4, -0.2) is 37.6 Å². The Morgan fingerprint density at radius 1 is 1.26 bits per heavy atom. The Labute approximate surface area is 134 Å². The van der Waals surface area contributed by atoms with E-state index in [1.807, 2.05) is 18.2 Å². The number of anilines is 1. The molecule has 0 radical (unpaired) electrons. The molecule has 1 aliphatic heterocycles. The average Bonchev–Trinajstić information content (AvgIpc) is 2.55. The Kier molecular flexibility index (Phi) is 4.69. The van der Waals surface area contributed by atoms with Crippen LogP contribution in [0.15, 0.2) is 48.5 Å². The van der Waals surface area contributed by atoms with Crippen LogP contribution in [0.1, 0.15) is 22.0 Å². The third-order valence-corrected chi connectivity index (χ3v) is 3.90. The quantitative estimate of drug-likeness (QED) is 0.946. The van der Waals surface area contributed by atoms with Crippen LogP contribution in [0, 0.1) is 5.82 Å². The summed E-state index contributed by atoms with van der Waals surface area (Å²) in [6.07, 6.45) is -0.0148. The number of halogens is 1. The fraction of sp³-hybridized carbons (Fsp3) is 0.278. The Morgan fingerprint density at radius 2 is 2.09 bits per heavy atom. The lowest BCUT2D eigenvalue weighted by molar-refractivity contribution is -0.0208. The minimum atomic E-state index is -0.529. The second kappa shape index (κ2) is 6.89. The number of rotatable bonds is 3. The van der Waals surface area contributed by atoms with Gasteiger partial charge in [0.2, 0.25) is 0 Å². The van der Waals surface area contributed by atoms with Crippen molar-refractivity contribution in [2.45, 2.75) is 6.10 Å². The number of ether oxygens (including phenoxy) is 1. The smallest absolute Gasteiger partial charge is 0.258 e. The summed E-state index contributed by atoms with van der Waals surface area (Å²) < 4.78 is 19.5. The zero-order valence-electron chi connectivity index (χ0n) is 13.0. The third kappa shape index (κ3) is 3.75. The highest BCUT2D eigenvalue weighted by molar-refractivity contribution is 6.04. The first-order valence-corrected chi connectivity index (χ1v) is 7.59. The standard InChI is InChI=1S/C18H19FN2O2/c1-21-9-10-23-17(12-21)13-5-4-6-14(11-13)20-18(22)15-7-2-3-8-16(15)19/h2-8,11,17H,9-10,12H2,1H3,(H,20,22). The summed E-state index contributed by atoms with van der Waals surface area (Å²) in [7, 11) is 2.05. The minimum Gasteiger partial charge on any atom is -0.371 e. The molecular weight excluding hydrogens is 295 g/mol. The van der Waals surface area contributed by atoms with E-state index in [9.17, 15) is 9.18 Å². The van der Waals surface area contributed by atoms with Crippen molar-refractivity contribution in [3.05, 3.63) is 65.5 Å². The molecule has 2 aromatic carbocycles. The van der Waals surface area contributed by atoms with Crippen LogP contribution in [0.5, 0.6) is 0 Å². The Bertz CT molecular complexity index is 705. The first kappa shape index (κ1) is 15.6. The molecule has 1 saturated heterocycles. The van der Waals surface area contributed by atoms with E-state index in [2.05, 4.69) is 17.3 Å². The van der Waals surface area contributed by atoms with Crippen LogP contribution in [0.4, 0.5) is 10.1 Å². The van der Waals surface area contributed by atoms with Gasteiger partial charge < -0.3 is 15.0 Å². The molecule has 0 aliphatic carbocycles. The van der Waals surface area contributed by atoms with E-state index >= 15 is 0 Å². The number of carbonyl (C=O) groups excluding carboxylic acids is 1. The van der Waals surface area contributed by atoms with Crippen LogP contribution in [0.3, 0.4) is 0 Å². The van der Waals surface area contributed by atoms with Crippen molar-refractivity contribution in [2.75, 3.05) is 32.1 Å². The van der Waals surface area contributed by atoms with Crippen molar-refractivity contribution < 1.29 is 13.9 Å². The highest BCUT2D eigenvalue weighted by Gasteiger charge is 2.20. The molecule has 1 amide bonds. The van der Waals surface area contributed by atoms with E-state index in [1.165, 1.54) is 12.1 Å². The largest absolute Gasteiger partial charge is 0.371 e. The Balaban J connectivity index is 1.75. The third-order valence-electron chi connectivity index (χ3n) is 3.90. The van der Waals surface area contributed by atoms with Crippen molar-refractivity contribution in [1.29, 1.82) is 0 Å². The second-order valence-corrected chi connectivity index (χ2v) is 5.68. The lowest BCUT2D eigenvalue weighted by Crippen LogP contribution is -2.35. The second-order valence-electron chi connectivity index (χ2n) is 5.68. The Morgan fingerprint density at radius 3 is 2.87 bits per heavy atom. The maximum Gasteiger partial charge on any atom is 0.258 e. The van der Waals surface area contributed by atoms with E-state index in [4.69, 9.17) is 4.74 Å². The number of likely N-dealkylation sites (N-methyl/N-ethyl adjacent to an activating group) is 1. The molecular formula is C18H19FN2O2. The molecule has 1 atom stereocenters. The van der Waals surface area contributed by atoms with Crippen LogP contribution >= 0.6 is 0 Å². The predicted octanol–water partition coefficient (Wildman–Crippen LogP) is 3.08. The van der Waals surface area contributed by atoms with Gasteiger partial charge in [0.05, 0.1) is 18.3 Å². The van der Waals surface area contributed by atoms with Crippen molar-refractivity contribution >= 4 is 11.6 Å². The topological polar surface area (TPSA) is 41.6 Å². The normalized spacial score (nSPS) is 18.6. The summed E-state index contributed by atoms with van der Waals surface area (Å²) in [5, 5.41) is 2.74. The molecule has 4 nitrogen and oxygen atoms in total. The molecule has 0 spiro atoms. The molecule has 0 bridgehead atoms. The number of nitrogens with zero attached hydrogens (tertiary/aromatic N) is 1.